The predicted octanol–water partition coefficient (Wildman–Crippen LogP) is 1.25. The Morgan fingerprint density at radius 3 is 2.39 bits per heavy atom. The van der Waals surface area contributed by atoms with Crippen molar-refractivity contribution in [2.45, 2.75) is 64.0 Å². The zero-order valence-corrected chi connectivity index (χ0v) is 11.3. The summed E-state index contributed by atoms with van der Waals surface area (Å²) in [5.74, 6) is -1.10. The molecule has 3 aliphatic rings. The van der Waals surface area contributed by atoms with E-state index in [-0.39, 0.29) is 23.9 Å². The molecule has 0 aromatic rings. The van der Waals surface area contributed by atoms with Gasteiger partial charge in [0.05, 0.1) is 12.7 Å². The third-order valence-electron chi connectivity index (χ3n) is 3.81. The maximum absolute atomic E-state index is 12.0. The first-order valence-electron chi connectivity index (χ1n) is 6.48. The van der Waals surface area contributed by atoms with Gasteiger partial charge in [-0.3, -0.25) is 4.79 Å². The summed E-state index contributed by atoms with van der Waals surface area (Å²) >= 11 is 0. The van der Waals surface area contributed by atoms with Crippen LogP contribution >= 0.6 is 0 Å². The smallest absolute Gasteiger partial charge is 0.164 e. The Labute approximate surface area is 107 Å². The zero-order valence-electron chi connectivity index (χ0n) is 11.3. The number of Topliss-reactive ketones (excluding diaryl/α,β-unsaturated/α-hetero) is 1. The SMILES string of the molecule is CC1(C)OCC(C2CC(=O)C3OC(C)(C)O[C@@H]32)O1. The normalized spacial score (nSPS) is 45.4. The van der Waals surface area contributed by atoms with Crippen molar-refractivity contribution in [3.63, 3.8) is 0 Å². The van der Waals surface area contributed by atoms with E-state index in [1.165, 1.54) is 0 Å². The van der Waals surface area contributed by atoms with Crippen LogP contribution in [0.4, 0.5) is 0 Å². The number of rotatable bonds is 1. The lowest BCUT2D eigenvalue weighted by atomic mass is 9.99. The highest BCUT2D eigenvalue weighted by Gasteiger charge is 2.57. The first-order chi connectivity index (χ1) is 8.27. The molecular formula is C13H20O5. The highest BCUT2D eigenvalue weighted by atomic mass is 16.8. The standard InChI is InChI=1S/C13H20O5/c1-12(2)15-6-9(16-12)7-5-8(14)11-10(7)17-13(3,4)18-11/h7,9-11H,5-6H2,1-4H3/t7?,9?,10-,11?/m1/s1. The zero-order chi connectivity index (χ0) is 13.1. The Morgan fingerprint density at radius 1 is 1.06 bits per heavy atom. The van der Waals surface area contributed by atoms with Crippen LogP contribution in [0.3, 0.4) is 0 Å². The Kier molecular flexibility index (Phi) is 2.62. The molecule has 102 valence electrons. The van der Waals surface area contributed by atoms with Crippen molar-refractivity contribution < 1.29 is 23.7 Å². The molecule has 3 unspecified atom stereocenters. The summed E-state index contributed by atoms with van der Waals surface area (Å²) in [5, 5.41) is 0. The Bertz CT molecular complexity index is 376. The van der Waals surface area contributed by atoms with E-state index in [4.69, 9.17) is 18.9 Å². The van der Waals surface area contributed by atoms with E-state index in [1.807, 2.05) is 27.7 Å². The molecule has 0 amide bonds. The second-order valence-electron chi connectivity index (χ2n) is 6.22. The number of ketones is 1. The van der Waals surface area contributed by atoms with Crippen molar-refractivity contribution in [3.05, 3.63) is 0 Å². The average Bonchev–Trinajstić information content (AvgIpc) is 2.81. The molecule has 4 atom stereocenters. The first-order valence-corrected chi connectivity index (χ1v) is 6.48. The first kappa shape index (κ1) is 12.5. The Balaban J connectivity index is 1.77. The van der Waals surface area contributed by atoms with E-state index >= 15 is 0 Å². The summed E-state index contributed by atoms with van der Waals surface area (Å²) in [6.07, 6.45) is -0.265. The van der Waals surface area contributed by atoms with E-state index in [0.29, 0.717) is 13.0 Å². The molecule has 0 aromatic carbocycles. The topological polar surface area (TPSA) is 54.0 Å². The molecule has 0 spiro atoms. The molecule has 0 radical (unpaired) electrons. The summed E-state index contributed by atoms with van der Waals surface area (Å²) in [7, 11) is 0. The number of ether oxygens (including phenoxy) is 4. The van der Waals surface area contributed by atoms with Crippen molar-refractivity contribution in [3.8, 4) is 0 Å². The maximum atomic E-state index is 12.0. The van der Waals surface area contributed by atoms with Crippen LogP contribution in [-0.4, -0.2) is 42.3 Å². The second-order valence-corrected chi connectivity index (χ2v) is 6.22. The molecule has 1 aliphatic carbocycles. The summed E-state index contributed by atoms with van der Waals surface area (Å²) in [5.41, 5.74) is 0. The fourth-order valence-corrected chi connectivity index (χ4v) is 3.08. The van der Waals surface area contributed by atoms with E-state index in [2.05, 4.69) is 0 Å². The quantitative estimate of drug-likeness (QED) is 0.706. The van der Waals surface area contributed by atoms with Gasteiger partial charge in [-0.2, -0.15) is 0 Å². The second kappa shape index (κ2) is 3.76. The molecule has 5 nitrogen and oxygen atoms in total. The van der Waals surface area contributed by atoms with Crippen LogP contribution in [-0.2, 0) is 23.7 Å². The fourth-order valence-electron chi connectivity index (χ4n) is 3.08. The van der Waals surface area contributed by atoms with Crippen molar-refractivity contribution in [2.75, 3.05) is 6.61 Å². The van der Waals surface area contributed by atoms with Crippen LogP contribution in [0, 0.1) is 5.92 Å². The minimum absolute atomic E-state index is 0.0334. The lowest BCUT2D eigenvalue weighted by Gasteiger charge is -2.25. The van der Waals surface area contributed by atoms with Gasteiger partial charge in [0.1, 0.15) is 12.2 Å². The van der Waals surface area contributed by atoms with Crippen molar-refractivity contribution in [2.24, 2.45) is 5.92 Å². The molecule has 2 aliphatic heterocycles. The van der Waals surface area contributed by atoms with Gasteiger partial charge in [0.2, 0.25) is 0 Å². The molecule has 1 saturated carbocycles. The van der Waals surface area contributed by atoms with Gasteiger partial charge in [0.25, 0.3) is 0 Å². The molecule has 18 heavy (non-hydrogen) atoms. The molecule has 0 bridgehead atoms. The molecule has 0 N–H and O–H groups in total. The van der Waals surface area contributed by atoms with Crippen LogP contribution < -0.4 is 0 Å². The molecule has 2 saturated heterocycles. The average molecular weight is 256 g/mol. The maximum Gasteiger partial charge on any atom is 0.164 e. The third-order valence-corrected chi connectivity index (χ3v) is 3.81. The molecule has 5 heteroatoms. The van der Waals surface area contributed by atoms with Crippen molar-refractivity contribution >= 4 is 5.78 Å². The number of carbonyl (C=O) groups is 1. The molecule has 3 fully saturated rings. The minimum Gasteiger partial charge on any atom is -0.348 e. The number of carbonyl (C=O) groups excluding carboxylic acids is 1. The lowest BCUT2D eigenvalue weighted by Crippen LogP contribution is -2.35. The molecule has 2 heterocycles. The summed E-state index contributed by atoms with van der Waals surface area (Å²) in [6.45, 7) is 7.96. The lowest BCUT2D eigenvalue weighted by molar-refractivity contribution is -0.174. The summed E-state index contributed by atoms with van der Waals surface area (Å²) < 4.78 is 22.9. The monoisotopic (exact) mass is 256 g/mol. The largest absolute Gasteiger partial charge is 0.348 e. The highest BCUT2D eigenvalue weighted by Crippen LogP contribution is 2.43. The Hall–Kier alpha value is -0.490. The molecular weight excluding hydrogens is 236 g/mol. The molecule has 0 aromatic heterocycles. The summed E-state index contributed by atoms with van der Waals surface area (Å²) in [4.78, 5) is 12.0. The number of hydrogen-bond acceptors (Lipinski definition) is 5. The molecule has 3 rings (SSSR count). The van der Waals surface area contributed by atoms with Gasteiger partial charge in [-0.1, -0.05) is 0 Å². The van der Waals surface area contributed by atoms with E-state index in [9.17, 15) is 4.79 Å². The van der Waals surface area contributed by atoms with Crippen molar-refractivity contribution in [1.82, 2.24) is 0 Å². The van der Waals surface area contributed by atoms with Gasteiger partial charge in [-0.25, -0.2) is 0 Å². The van der Waals surface area contributed by atoms with E-state index in [0.717, 1.165) is 0 Å². The van der Waals surface area contributed by atoms with Crippen LogP contribution in [0.5, 0.6) is 0 Å². The fraction of sp³-hybridized carbons (Fsp3) is 0.923. The van der Waals surface area contributed by atoms with Crippen LogP contribution in [0.25, 0.3) is 0 Å². The number of fused-ring (bicyclic) bond motifs is 1. The van der Waals surface area contributed by atoms with E-state index in [1.54, 1.807) is 0 Å². The summed E-state index contributed by atoms with van der Waals surface area (Å²) in [6, 6.07) is 0. The number of hydrogen-bond donors (Lipinski definition) is 0. The van der Waals surface area contributed by atoms with Crippen LogP contribution in [0.15, 0.2) is 0 Å². The van der Waals surface area contributed by atoms with Crippen LogP contribution in [0.2, 0.25) is 0 Å². The van der Waals surface area contributed by atoms with Crippen LogP contribution in [0.1, 0.15) is 34.1 Å². The van der Waals surface area contributed by atoms with Crippen molar-refractivity contribution in [1.29, 1.82) is 0 Å². The van der Waals surface area contributed by atoms with Gasteiger partial charge in [-0.15, -0.1) is 0 Å². The minimum atomic E-state index is -0.682. The highest BCUT2D eigenvalue weighted by molar-refractivity contribution is 5.87. The van der Waals surface area contributed by atoms with Gasteiger partial charge in [-0.05, 0) is 27.7 Å². The van der Waals surface area contributed by atoms with Gasteiger partial charge in [0.15, 0.2) is 17.4 Å². The Morgan fingerprint density at radius 2 is 1.78 bits per heavy atom. The predicted molar refractivity (Wildman–Crippen MR) is 61.8 cm³/mol. The van der Waals surface area contributed by atoms with Gasteiger partial charge >= 0.3 is 0 Å². The van der Waals surface area contributed by atoms with Gasteiger partial charge in [0, 0.05) is 12.3 Å². The van der Waals surface area contributed by atoms with E-state index < -0.39 is 17.7 Å². The van der Waals surface area contributed by atoms with Gasteiger partial charge < -0.3 is 18.9 Å². The third kappa shape index (κ3) is 1.99.